The summed E-state index contributed by atoms with van der Waals surface area (Å²) in [6.07, 6.45) is 0. The fourth-order valence-corrected chi connectivity index (χ4v) is 4.55. The molecule has 0 bridgehead atoms. The van der Waals surface area contributed by atoms with Crippen LogP contribution in [0.1, 0.15) is 12.5 Å². The Labute approximate surface area is 196 Å². The number of phenolic OH excluding ortho intramolecular Hbond substituents is 1. The van der Waals surface area contributed by atoms with E-state index in [0.29, 0.717) is 11.3 Å². The van der Waals surface area contributed by atoms with Crippen LogP contribution in [-0.2, 0) is 14.8 Å². The maximum Gasteiger partial charge on any atom is 0.264 e. The van der Waals surface area contributed by atoms with E-state index in [1.807, 2.05) is 0 Å². The SMILES string of the molecule is C/C(=N/NC(=O)CN(c1ccc(Cl)c(Cl)c1)S(=O)(=O)c1ccccc1)c1ccccc1O. The summed E-state index contributed by atoms with van der Waals surface area (Å²) in [5.41, 5.74) is 3.28. The lowest BCUT2D eigenvalue weighted by molar-refractivity contribution is -0.119. The van der Waals surface area contributed by atoms with Crippen molar-refractivity contribution in [2.45, 2.75) is 11.8 Å². The topological polar surface area (TPSA) is 99.1 Å². The van der Waals surface area contributed by atoms with Gasteiger partial charge in [0, 0.05) is 5.56 Å². The predicted octanol–water partition coefficient (Wildman–Crippen LogP) is 4.43. The number of nitrogens with zero attached hydrogens (tertiary/aromatic N) is 2. The molecular formula is C22H19Cl2N3O4S. The summed E-state index contributed by atoms with van der Waals surface area (Å²) in [4.78, 5) is 12.6. The van der Waals surface area contributed by atoms with Gasteiger partial charge in [-0.05, 0) is 49.4 Å². The van der Waals surface area contributed by atoms with Crippen LogP contribution < -0.4 is 9.73 Å². The third-order valence-corrected chi connectivity index (χ3v) is 6.98. The second-order valence-corrected chi connectivity index (χ2v) is 9.35. The Kier molecular flexibility index (Phi) is 7.40. The highest BCUT2D eigenvalue weighted by Gasteiger charge is 2.27. The number of amides is 1. The molecular weight excluding hydrogens is 473 g/mol. The average Bonchev–Trinajstić information content (AvgIpc) is 2.78. The van der Waals surface area contributed by atoms with E-state index < -0.39 is 22.5 Å². The van der Waals surface area contributed by atoms with E-state index in [1.165, 1.54) is 36.4 Å². The molecule has 32 heavy (non-hydrogen) atoms. The van der Waals surface area contributed by atoms with Crippen LogP contribution in [-0.4, -0.2) is 31.7 Å². The molecule has 0 heterocycles. The van der Waals surface area contributed by atoms with Gasteiger partial charge in [-0.25, -0.2) is 13.8 Å². The number of anilines is 1. The van der Waals surface area contributed by atoms with E-state index in [-0.39, 0.29) is 26.4 Å². The molecule has 3 rings (SSSR count). The van der Waals surface area contributed by atoms with Gasteiger partial charge in [0.1, 0.15) is 12.3 Å². The number of phenols is 1. The quantitative estimate of drug-likeness (QED) is 0.377. The lowest BCUT2D eigenvalue weighted by atomic mass is 10.1. The van der Waals surface area contributed by atoms with E-state index in [4.69, 9.17) is 23.2 Å². The molecule has 3 aromatic carbocycles. The van der Waals surface area contributed by atoms with Crippen LogP contribution in [0.2, 0.25) is 10.0 Å². The number of rotatable bonds is 7. The zero-order valence-electron chi connectivity index (χ0n) is 16.9. The maximum atomic E-state index is 13.3. The number of para-hydroxylation sites is 1. The first-order valence-electron chi connectivity index (χ1n) is 9.34. The van der Waals surface area contributed by atoms with Crippen molar-refractivity contribution < 1.29 is 18.3 Å². The van der Waals surface area contributed by atoms with Gasteiger partial charge in [0.05, 0.1) is 26.3 Å². The largest absolute Gasteiger partial charge is 0.507 e. The summed E-state index contributed by atoms with van der Waals surface area (Å²) in [7, 11) is -4.09. The molecule has 2 N–H and O–H groups in total. The van der Waals surface area contributed by atoms with E-state index in [1.54, 1.807) is 43.3 Å². The molecule has 0 saturated heterocycles. The third-order valence-electron chi connectivity index (χ3n) is 4.45. The number of aromatic hydroxyl groups is 1. The van der Waals surface area contributed by atoms with Crippen LogP contribution >= 0.6 is 23.2 Å². The van der Waals surface area contributed by atoms with Gasteiger partial charge in [-0.3, -0.25) is 9.10 Å². The number of hydrogen-bond acceptors (Lipinski definition) is 5. The molecule has 0 aromatic heterocycles. The van der Waals surface area contributed by atoms with Crippen molar-refractivity contribution in [2.75, 3.05) is 10.8 Å². The molecule has 0 aliphatic carbocycles. The van der Waals surface area contributed by atoms with Crippen molar-refractivity contribution in [3.05, 3.63) is 88.4 Å². The van der Waals surface area contributed by atoms with Gasteiger partial charge >= 0.3 is 0 Å². The van der Waals surface area contributed by atoms with Gasteiger partial charge in [-0.15, -0.1) is 0 Å². The zero-order chi connectivity index (χ0) is 23.3. The Morgan fingerprint density at radius 3 is 2.31 bits per heavy atom. The van der Waals surface area contributed by atoms with Crippen molar-refractivity contribution >= 4 is 50.5 Å². The second kappa shape index (κ2) is 10.0. The monoisotopic (exact) mass is 491 g/mol. The van der Waals surface area contributed by atoms with Gasteiger partial charge in [-0.2, -0.15) is 5.10 Å². The minimum absolute atomic E-state index is 0.00656. The minimum Gasteiger partial charge on any atom is -0.507 e. The Morgan fingerprint density at radius 2 is 1.66 bits per heavy atom. The third kappa shape index (κ3) is 5.40. The van der Waals surface area contributed by atoms with Crippen LogP contribution in [0.3, 0.4) is 0 Å². The van der Waals surface area contributed by atoms with Crippen molar-refractivity contribution in [3.8, 4) is 5.75 Å². The van der Waals surface area contributed by atoms with Crippen molar-refractivity contribution in [3.63, 3.8) is 0 Å². The first kappa shape index (κ1) is 23.6. The first-order valence-corrected chi connectivity index (χ1v) is 11.5. The zero-order valence-corrected chi connectivity index (χ0v) is 19.2. The number of sulfonamides is 1. The predicted molar refractivity (Wildman–Crippen MR) is 126 cm³/mol. The Bertz CT molecular complexity index is 1270. The van der Waals surface area contributed by atoms with E-state index in [9.17, 15) is 18.3 Å². The molecule has 0 atom stereocenters. The fourth-order valence-electron chi connectivity index (χ4n) is 2.83. The van der Waals surface area contributed by atoms with Crippen LogP contribution in [0.15, 0.2) is 82.8 Å². The molecule has 0 saturated carbocycles. The number of halogens is 2. The molecule has 0 radical (unpaired) electrons. The van der Waals surface area contributed by atoms with Gasteiger partial charge in [0.15, 0.2) is 0 Å². The number of benzene rings is 3. The smallest absolute Gasteiger partial charge is 0.264 e. The molecule has 0 spiro atoms. The van der Waals surface area contributed by atoms with Crippen molar-refractivity contribution in [1.29, 1.82) is 0 Å². The summed E-state index contributed by atoms with van der Waals surface area (Å²) < 4.78 is 27.5. The van der Waals surface area contributed by atoms with Crippen LogP contribution in [0.25, 0.3) is 0 Å². The second-order valence-electron chi connectivity index (χ2n) is 6.67. The Balaban J connectivity index is 1.90. The van der Waals surface area contributed by atoms with Crippen molar-refractivity contribution in [1.82, 2.24) is 5.43 Å². The van der Waals surface area contributed by atoms with Crippen molar-refractivity contribution in [2.24, 2.45) is 5.10 Å². The molecule has 1 amide bonds. The van der Waals surface area contributed by atoms with E-state index in [2.05, 4.69) is 10.5 Å². The Morgan fingerprint density at radius 1 is 1.00 bits per heavy atom. The lowest BCUT2D eigenvalue weighted by Crippen LogP contribution is -2.39. The molecule has 0 fully saturated rings. The van der Waals surface area contributed by atoms with Gasteiger partial charge < -0.3 is 5.11 Å². The number of carbonyl (C=O) groups is 1. The molecule has 0 unspecified atom stereocenters. The average molecular weight is 492 g/mol. The highest BCUT2D eigenvalue weighted by Crippen LogP contribution is 2.30. The Hall–Kier alpha value is -3.07. The molecule has 0 aliphatic heterocycles. The fraction of sp³-hybridized carbons (Fsp3) is 0.0909. The van der Waals surface area contributed by atoms with E-state index in [0.717, 1.165) is 4.31 Å². The summed E-state index contributed by atoms with van der Waals surface area (Å²) in [6.45, 7) is 1.04. The number of hydrazone groups is 1. The summed E-state index contributed by atoms with van der Waals surface area (Å²) in [5, 5.41) is 14.3. The maximum absolute atomic E-state index is 13.3. The number of hydrogen-bond donors (Lipinski definition) is 2. The van der Waals surface area contributed by atoms with Gasteiger partial charge in [-0.1, -0.05) is 53.5 Å². The summed E-state index contributed by atoms with van der Waals surface area (Å²) in [5.74, 6) is -0.683. The van der Waals surface area contributed by atoms with Crippen LogP contribution in [0, 0.1) is 0 Å². The highest BCUT2D eigenvalue weighted by molar-refractivity contribution is 7.92. The normalized spacial score (nSPS) is 11.8. The molecule has 0 aliphatic rings. The molecule has 3 aromatic rings. The van der Waals surface area contributed by atoms with Crippen LogP contribution in [0.4, 0.5) is 5.69 Å². The summed E-state index contributed by atoms with van der Waals surface area (Å²) in [6, 6.07) is 18.5. The number of carbonyl (C=O) groups excluding carboxylic acids is 1. The lowest BCUT2D eigenvalue weighted by Gasteiger charge is -2.24. The molecule has 7 nitrogen and oxygen atoms in total. The molecule has 166 valence electrons. The van der Waals surface area contributed by atoms with Gasteiger partial charge in [0.25, 0.3) is 15.9 Å². The standard InChI is InChI=1S/C22H19Cl2N3O4S/c1-15(18-9-5-6-10-21(18)28)25-26-22(29)14-27(16-11-12-19(23)20(24)13-16)32(30,31)17-7-3-2-4-8-17/h2-13,28H,14H2,1H3,(H,26,29)/b25-15-. The minimum atomic E-state index is -4.09. The van der Waals surface area contributed by atoms with Gasteiger partial charge in [0.2, 0.25) is 0 Å². The summed E-state index contributed by atoms with van der Waals surface area (Å²) >= 11 is 12.0. The van der Waals surface area contributed by atoms with E-state index >= 15 is 0 Å². The molecule has 10 heteroatoms. The number of nitrogens with one attached hydrogen (secondary N) is 1. The van der Waals surface area contributed by atoms with Crippen LogP contribution in [0.5, 0.6) is 5.75 Å². The highest BCUT2D eigenvalue weighted by atomic mass is 35.5. The first-order chi connectivity index (χ1) is 15.2.